The molecule has 0 saturated carbocycles. The third kappa shape index (κ3) is 2.51. The zero-order chi connectivity index (χ0) is 11.4. The van der Waals surface area contributed by atoms with Crippen molar-refractivity contribution in [3.8, 4) is 5.75 Å². The van der Waals surface area contributed by atoms with Gasteiger partial charge in [0.1, 0.15) is 11.6 Å². The van der Waals surface area contributed by atoms with Crippen LogP contribution in [0.15, 0.2) is 48.5 Å². The van der Waals surface area contributed by atoms with Gasteiger partial charge < -0.3 is 10.1 Å². The van der Waals surface area contributed by atoms with E-state index in [0.717, 1.165) is 17.1 Å². The number of hydrogen-bond acceptors (Lipinski definition) is 2. The van der Waals surface area contributed by atoms with Crippen LogP contribution in [0.4, 0.5) is 15.8 Å². The Labute approximate surface area is 93.7 Å². The molecule has 2 aromatic rings. The molecule has 0 radical (unpaired) electrons. The van der Waals surface area contributed by atoms with Crippen LogP contribution < -0.4 is 10.1 Å². The lowest BCUT2D eigenvalue weighted by Crippen LogP contribution is -1.90. The van der Waals surface area contributed by atoms with E-state index >= 15 is 0 Å². The lowest BCUT2D eigenvalue weighted by molar-refractivity contribution is 0.415. The smallest absolute Gasteiger partial charge is 0.125 e. The van der Waals surface area contributed by atoms with E-state index in [1.807, 2.05) is 30.3 Å². The van der Waals surface area contributed by atoms with Gasteiger partial charge in [-0.2, -0.15) is 0 Å². The second-order valence-corrected chi connectivity index (χ2v) is 3.36. The Bertz CT molecular complexity index is 468. The summed E-state index contributed by atoms with van der Waals surface area (Å²) in [6, 6.07) is 13.8. The molecule has 0 unspecified atom stereocenters. The van der Waals surface area contributed by atoms with E-state index in [2.05, 4.69) is 5.32 Å². The van der Waals surface area contributed by atoms with Gasteiger partial charge in [-0.25, -0.2) is 4.39 Å². The van der Waals surface area contributed by atoms with E-state index in [9.17, 15) is 4.39 Å². The average Bonchev–Trinajstić information content (AvgIpc) is 2.30. The summed E-state index contributed by atoms with van der Waals surface area (Å²) in [7, 11) is 1.62. The predicted octanol–water partition coefficient (Wildman–Crippen LogP) is 3.58. The molecule has 0 atom stereocenters. The van der Waals surface area contributed by atoms with Crippen molar-refractivity contribution < 1.29 is 9.13 Å². The molecular formula is C13H12FNO. The van der Waals surface area contributed by atoms with Crippen molar-refractivity contribution in [1.29, 1.82) is 0 Å². The zero-order valence-electron chi connectivity index (χ0n) is 8.91. The number of halogens is 1. The lowest BCUT2D eigenvalue weighted by Gasteiger charge is -2.07. The minimum absolute atomic E-state index is 0.251. The summed E-state index contributed by atoms with van der Waals surface area (Å²) in [5.41, 5.74) is 1.62. The van der Waals surface area contributed by atoms with E-state index in [4.69, 9.17) is 4.74 Å². The largest absolute Gasteiger partial charge is 0.497 e. The Balaban J connectivity index is 2.14. The fraction of sp³-hybridized carbons (Fsp3) is 0.0769. The van der Waals surface area contributed by atoms with Crippen LogP contribution in [0.2, 0.25) is 0 Å². The van der Waals surface area contributed by atoms with E-state index in [-0.39, 0.29) is 5.82 Å². The number of rotatable bonds is 3. The van der Waals surface area contributed by atoms with E-state index < -0.39 is 0 Å². The van der Waals surface area contributed by atoms with Crippen molar-refractivity contribution >= 4 is 11.4 Å². The second kappa shape index (κ2) is 4.66. The van der Waals surface area contributed by atoms with Gasteiger partial charge in [-0.3, -0.25) is 0 Å². The van der Waals surface area contributed by atoms with Crippen LogP contribution in [-0.2, 0) is 0 Å². The highest BCUT2D eigenvalue weighted by Crippen LogP contribution is 2.20. The van der Waals surface area contributed by atoms with Gasteiger partial charge in [-0.1, -0.05) is 6.07 Å². The summed E-state index contributed by atoms with van der Waals surface area (Å²) in [4.78, 5) is 0. The molecule has 0 aliphatic carbocycles. The average molecular weight is 217 g/mol. The SMILES string of the molecule is COc1ccc(Nc2cccc(F)c2)cc1. The maximum atomic E-state index is 12.9. The molecule has 1 N–H and O–H groups in total. The number of benzene rings is 2. The maximum Gasteiger partial charge on any atom is 0.125 e. The Kier molecular flexibility index (Phi) is 3.05. The predicted molar refractivity (Wildman–Crippen MR) is 62.7 cm³/mol. The summed E-state index contributed by atoms with van der Waals surface area (Å²) in [6.45, 7) is 0. The van der Waals surface area contributed by atoms with Crippen LogP contribution >= 0.6 is 0 Å². The molecule has 0 amide bonds. The first kappa shape index (κ1) is 10.5. The fourth-order valence-corrected chi connectivity index (χ4v) is 1.41. The van der Waals surface area contributed by atoms with Gasteiger partial charge in [-0.05, 0) is 42.5 Å². The molecule has 0 aliphatic heterocycles. The summed E-state index contributed by atoms with van der Waals surface area (Å²) >= 11 is 0. The zero-order valence-corrected chi connectivity index (χ0v) is 8.91. The van der Waals surface area contributed by atoms with Crippen LogP contribution in [0.1, 0.15) is 0 Å². The summed E-state index contributed by atoms with van der Waals surface area (Å²) in [5.74, 6) is 0.545. The Morgan fingerprint density at radius 1 is 1.00 bits per heavy atom. The molecule has 2 rings (SSSR count). The van der Waals surface area contributed by atoms with Gasteiger partial charge in [0.25, 0.3) is 0 Å². The number of hydrogen-bond donors (Lipinski definition) is 1. The molecule has 0 aliphatic rings. The quantitative estimate of drug-likeness (QED) is 0.848. The highest BCUT2D eigenvalue weighted by atomic mass is 19.1. The van der Waals surface area contributed by atoms with E-state index in [0.29, 0.717) is 0 Å². The van der Waals surface area contributed by atoms with Crippen molar-refractivity contribution in [2.24, 2.45) is 0 Å². The van der Waals surface area contributed by atoms with Crippen molar-refractivity contribution in [3.63, 3.8) is 0 Å². The molecule has 3 heteroatoms. The minimum atomic E-state index is -0.251. The van der Waals surface area contributed by atoms with Gasteiger partial charge in [0.15, 0.2) is 0 Å². The van der Waals surface area contributed by atoms with Crippen LogP contribution in [0.3, 0.4) is 0 Å². The van der Waals surface area contributed by atoms with Gasteiger partial charge in [-0.15, -0.1) is 0 Å². The number of nitrogens with one attached hydrogen (secondary N) is 1. The van der Waals surface area contributed by atoms with Gasteiger partial charge in [0.2, 0.25) is 0 Å². The highest BCUT2D eigenvalue weighted by molar-refractivity contribution is 5.60. The molecule has 0 aromatic heterocycles. The normalized spacial score (nSPS) is 9.88. The molecule has 82 valence electrons. The highest BCUT2D eigenvalue weighted by Gasteiger charge is 1.96. The second-order valence-electron chi connectivity index (χ2n) is 3.36. The molecule has 16 heavy (non-hydrogen) atoms. The van der Waals surface area contributed by atoms with Crippen molar-refractivity contribution in [2.75, 3.05) is 12.4 Å². The van der Waals surface area contributed by atoms with Crippen molar-refractivity contribution in [2.45, 2.75) is 0 Å². The number of ether oxygens (including phenoxy) is 1. The minimum Gasteiger partial charge on any atom is -0.497 e. The molecule has 0 fully saturated rings. The summed E-state index contributed by atoms with van der Waals surface area (Å²) in [6.07, 6.45) is 0. The third-order valence-corrected chi connectivity index (χ3v) is 2.20. The first-order valence-electron chi connectivity index (χ1n) is 4.94. The molecule has 0 spiro atoms. The maximum absolute atomic E-state index is 12.9. The fourth-order valence-electron chi connectivity index (χ4n) is 1.41. The van der Waals surface area contributed by atoms with E-state index in [1.54, 1.807) is 13.2 Å². The van der Waals surface area contributed by atoms with Gasteiger partial charge >= 0.3 is 0 Å². The van der Waals surface area contributed by atoms with E-state index in [1.165, 1.54) is 12.1 Å². The lowest BCUT2D eigenvalue weighted by atomic mass is 10.2. The molecular weight excluding hydrogens is 205 g/mol. The van der Waals surface area contributed by atoms with Crippen LogP contribution in [0.25, 0.3) is 0 Å². The Hall–Kier alpha value is -2.03. The molecule has 2 nitrogen and oxygen atoms in total. The van der Waals surface area contributed by atoms with Crippen LogP contribution in [0.5, 0.6) is 5.75 Å². The van der Waals surface area contributed by atoms with Crippen LogP contribution in [-0.4, -0.2) is 7.11 Å². The standard InChI is InChI=1S/C13H12FNO/c1-16-13-7-5-11(6-8-13)15-12-4-2-3-10(14)9-12/h2-9,15H,1H3. The topological polar surface area (TPSA) is 21.3 Å². The first-order valence-corrected chi connectivity index (χ1v) is 4.94. The first-order chi connectivity index (χ1) is 7.78. The Morgan fingerprint density at radius 2 is 1.75 bits per heavy atom. The Morgan fingerprint density at radius 3 is 2.38 bits per heavy atom. The molecule has 0 heterocycles. The van der Waals surface area contributed by atoms with Crippen molar-refractivity contribution in [3.05, 3.63) is 54.3 Å². The van der Waals surface area contributed by atoms with Crippen molar-refractivity contribution in [1.82, 2.24) is 0 Å². The molecule has 2 aromatic carbocycles. The van der Waals surface area contributed by atoms with Crippen LogP contribution in [0, 0.1) is 5.82 Å². The monoisotopic (exact) mass is 217 g/mol. The van der Waals surface area contributed by atoms with Gasteiger partial charge in [0, 0.05) is 11.4 Å². The van der Waals surface area contributed by atoms with Gasteiger partial charge in [0.05, 0.1) is 7.11 Å². The molecule has 0 saturated heterocycles. The number of anilines is 2. The summed E-state index contributed by atoms with van der Waals surface area (Å²) in [5, 5.41) is 3.10. The number of methoxy groups -OCH3 is 1. The molecule has 0 bridgehead atoms. The summed E-state index contributed by atoms with van der Waals surface area (Å²) < 4.78 is 18.0. The third-order valence-electron chi connectivity index (χ3n) is 2.20.